The summed E-state index contributed by atoms with van der Waals surface area (Å²) in [5.74, 6) is 0. The molecule has 0 fully saturated rings. The molecule has 0 radical (unpaired) electrons. The zero-order valence-corrected chi connectivity index (χ0v) is 10.1. The van der Waals surface area contributed by atoms with Crippen LogP contribution in [0, 0.1) is 0 Å². The van der Waals surface area contributed by atoms with Gasteiger partial charge in [0.1, 0.15) is 0 Å². The van der Waals surface area contributed by atoms with Gasteiger partial charge in [-0.15, -0.1) is 0 Å². The fourth-order valence-corrected chi connectivity index (χ4v) is 1.81. The lowest BCUT2D eigenvalue weighted by atomic mass is 10.0. The maximum atomic E-state index is 12.5. The highest BCUT2D eigenvalue weighted by atomic mass is 19.4. The molecule has 1 aromatic carbocycles. The SMILES string of the molecule is CNC(c1ccc(C(F)(F)F)cc1)c1cnccn1. The van der Waals surface area contributed by atoms with Crippen molar-refractivity contribution in [1.29, 1.82) is 0 Å². The second-order valence-corrected chi connectivity index (χ2v) is 3.97. The van der Waals surface area contributed by atoms with Crippen LogP contribution in [0.3, 0.4) is 0 Å². The van der Waals surface area contributed by atoms with E-state index in [2.05, 4.69) is 15.3 Å². The van der Waals surface area contributed by atoms with Crippen molar-refractivity contribution in [2.75, 3.05) is 7.05 Å². The van der Waals surface area contributed by atoms with Crippen LogP contribution in [0.4, 0.5) is 13.2 Å². The lowest BCUT2D eigenvalue weighted by molar-refractivity contribution is -0.137. The van der Waals surface area contributed by atoms with E-state index in [1.165, 1.54) is 12.1 Å². The van der Waals surface area contributed by atoms with Crippen LogP contribution in [-0.2, 0) is 6.18 Å². The van der Waals surface area contributed by atoms with Crippen molar-refractivity contribution >= 4 is 0 Å². The van der Waals surface area contributed by atoms with Crippen molar-refractivity contribution in [3.8, 4) is 0 Å². The Hall–Kier alpha value is -1.95. The molecule has 1 unspecified atom stereocenters. The molecule has 1 aromatic heterocycles. The summed E-state index contributed by atoms with van der Waals surface area (Å²) in [5.41, 5.74) is 0.700. The van der Waals surface area contributed by atoms with Crippen LogP contribution in [0.1, 0.15) is 22.9 Å². The van der Waals surface area contributed by atoms with E-state index in [1.807, 2.05) is 0 Å². The Morgan fingerprint density at radius 2 is 1.79 bits per heavy atom. The van der Waals surface area contributed by atoms with E-state index in [1.54, 1.807) is 25.6 Å². The lowest BCUT2D eigenvalue weighted by Crippen LogP contribution is -2.19. The molecule has 19 heavy (non-hydrogen) atoms. The zero-order valence-electron chi connectivity index (χ0n) is 10.1. The molecule has 0 aliphatic rings. The predicted octanol–water partition coefficient (Wildman–Crippen LogP) is 2.80. The van der Waals surface area contributed by atoms with Crippen LogP contribution < -0.4 is 5.32 Å². The van der Waals surface area contributed by atoms with Crippen LogP contribution >= 0.6 is 0 Å². The Labute approximate surface area is 108 Å². The normalized spacial score (nSPS) is 13.3. The first-order valence-corrected chi connectivity index (χ1v) is 5.62. The van der Waals surface area contributed by atoms with E-state index in [4.69, 9.17) is 0 Å². The molecule has 0 aliphatic carbocycles. The molecule has 2 rings (SSSR count). The fraction of sp³-hybridized carbons (Fsp3) is 0.231. The molecule has 0 amide bonds. The number of hydrogen-bond donors (Lipinski definition) is 1. The first-order chi connectivity index (χ1) is 9.02. The third kappa shape index (κ3) is 3.08. The summed E-state index contributed by atoms with van der Waals surface area (Å²) in [7, 11) is 1.72. The van der Waals surface area contributed by atoms with Crippen molar-refractivity contribution in [2.24, 2.45) is 0 Å². The van der Waals surface area contributed by atoms with Gasteiger partial charge in [0.05, 0.1) is 23.5 Å². The monoisotopic (exact) mass is 267 g/mol. The molecular formula is C13H12F3N3. The van der Waals surface area contributed by atoms with Crippen molar-refractivity contribution in [3.05, 3.63) is 59.7 Å². The number of hydrogen-bond acceptors (Lipinski definition) is 3. The summed E-state index contributed by atoms with van der Waals surface area (Å²) in [6, 6.07) is 4.74. The van der Waals surface area contributed by atoms with Crippen molar-refractivity contribution in [1.82, 2.24) is 15.3 Å². The standard InChI is InChI=1S/C13H12F3N3/c1-17-12(11-8-18-6-7-19-11)9-2-4-10(5-3-9)13(14,15)16/h2-8,12,17H,1H3. The van der Waals surface area contributed by atoms with Gasteiger partial charge in [0.15, 0.2) is 0 Å². The largest absolute Gasteiger partial charge is 0.416 e. The van der Waals surface area contributed by atoms with E-state index >= 15 is 0 Å². The van der Waals surface area contributed by atoms with E-state index in [0.717, 1.165) is 12.1 Å². The van der Waals surface area contributed by atoms with Crippen LogP contribution in [0.15, 0.2) is 42.9 Å². The summed E-state index contributed by atoms with van der Waals surface area (Å²) in [6.45, 7) is 0. The Bertz CT molecular complexity index is 523. The number of aromatic nitrogens is 2. The summed E-state index contributed by atoms with van der Waals surface area (Å²) < 4.78 is 37.5. The number of rotatable bonds is 3. The third-order valence-electron chi connectivity index (χ3n) is 2.74. The molecular weight excluding hydrogens is 255 g/mol. The minimum absolute atomic E-state index is 0.281. The molecule has 1 heterocycles. The maximum absolute atomic E-state index is 12.5. The van der Waals surface area contributed by atoms with Crippen molar-refractivity contribution in [2.45, 2.75) is 12.2 Å². The van der Waals surface area contributed by atoms with E-state index in [9.17, 15) is 13.2 Å². The summed E-state index contributed by atoms with van der Waals surface area (Å²) in [4.78, 5) is 8.10. The third-order valence-corrected chi connectivity index (χ3v) is 2.74. The molecule has 0 spiro atoms. The van der Waals surface area contributed by atoms with Gasteiger partial charge < -0.3 is 5.32 Å². The summed E-state index contributed by atoms with van der Waals surface area (Å²) in [6.07, 6.45) is 0.353. The fourth-order valence-electron chi connectivity index (χ4n) is 1.81. The van der Waals surface area contributed by atoms with Gasteiger partial charge in [-0.3, -0.25) is 9.97 Å². The minimum Gasteiger partial charge on any atom is -0.308 e. The van der Waals surface area contributed by atoms with E-state index in [-0.39, 0.29) is 6.04 Å². The van der Waals surface area contributed by atoms with E-state index < -0.39 is 11.7 Å². The Balaban J connectivity index is 2.30. The topological polar surface area (TPSA) is 37.8 Å². The van der Waals surface area contributed by atoms with Crippen molar-refractivity contribution in [3.63, 3.8) is 0 Å². The molecule has 1 atom stereocenters. The van der Waals surface area contributed by atoms with Crippen LogP contribution in [0.25, 0.3) is 0 Å². The quantitative estimate of drug-likeness (QED) is 0.929. The number of halogens is 3. The van der Waals surface area contributed by atoms with Gasteiger partial charge in [-0.25, -0.2) is 0 Å². The van der Waals surface area contributed by atoms with Gasteiger partial charge in [-0.1, -0.05) is 12.1 Å². The zero-order chi connectivity index (χ0) is 13.9. The Morgan fingerprint density at radius 1 is 1.11 bits per heavy atom. The van der Waals surface area contributed by atoms with E-state index in [0.29, 0.717) is 11.3 Å². The van der Waals surface area contributed by atoms with Gasteiger partial charge in [0, 0.05) is 12.4 Å². The van der Waals surface area contributed by atoms with Crippen LogP contribution in [-0.4, -0.2) is 17.0 Å². The first kappa shape index (κ1) is 13.5. The molecule has 0 saturated carbocycles. The minimum atomic E-state index is -4.32. The van der Waals surface area contributed by atoms with Crippen LogP contribution in [0.2, 0.25) is 0 Å². The van der Waals surface area contributed by atoms with Gasteiger partial charge in [-0.2, -0.15) is 13.2 Å². The highest BCUT2D eigenvalue weighted by Crippen LogP contribution is 2.30. The summed E-state index contributed by atoms with van der Waals surface area (Å²) in [5, 5.41) is 3.01. The van der Waals surface area contributed by atoms with Gasteiger partial charge in [0.25, 0.3) is 0 Å². The second kappa shape index (κ2) is 5.36. The molecule has 0 aliphatic heterocycles. The average molecular weight is 267 g/mol. The molecule has 6 heteroatoms. The Kier molecular flexibility index (Phi) is 3.80. The molecule has 1 N–H and O–H groups in total. The van der Waals surface area contributed by atoms with Crippen molar-refractivity contribution < 1.29 is 13.2 Å². The number of nitrogens with zero attached hydrogens (tertiary/aromatic N) is 2. The van der Waals surface area contributed by atoms with Gasteiger partial charge >= 0.3 is 6.18 Å². The highest BCUT2D eigenvalue weighted by Gasteiger charge is 2.30. The predicted molar refractivity (Wildman–Crippen MR) is 64.4 cm³/mol. The Morgan fingerprint density at radius 3 is 2.26 bits per heavy atom. The number of benzene rings is 1. The highest BCUT2D eigenvalue weighted by molar-refractivity contribution is 5.30. The van der Waals surface area contributed by atoms with Crippen LogP contribution in [0.5, 0.6) is 0 Å². The number of nitrogens with one attached hydrogen (secondary N) is 1. The maximum Gasteiger partial charge on any atom is 0.416 e. The number of alkyl halides is 3. The molecule has 0 saturated heterocycles. The van der Waals surface area contributed by atoms with Gasteiger partial charge in [-0.05, 0) is 24.7 Å². The van der Waals surface area contributed by atoms with Gasteiger partial charge in [0.2, 0.25) is 0 Å². The smallest absolute Gasteiger partial charge is 0.308 e. The lowest BCUT2D eigenvalue weighted by Gasteiger charge is -2.16. The average Bonchev–Trinajstić information content (AvgIpc) is 2.40. The molecule has 3 nitrogen and oxygen atoms in total. The first-order valence-electron chi connectivity index (χ1n) is 5.62. The molecule has 100 valence electrons. The molecule has 2 aromatic rings. The second-order valence-electron chi connectivity index (χ2n) is 3.97. The molecule has 0 bridgehead atoms. The summed E-state index contributed by atoms with van der Waals surface area (Å²) >= 11 is 0.